The van der Waals surface area contributed by atoms with Crippen LogP contribution in [0.4, 0.5) is 0 Å². The van der Waals surface area contributed by atoms with Gasteiger partial charge in [-0.1, -0.05) is 30.3 Å². The average molecular weight is 432 g/mol. The molecule has 1 aliphatic rings. The molecule has 32 heavy (non-hydrogen) atoms. The van der Waals surface area contributed by atoms with Gasteiger partial charge in [-0.05, 0) is 35.2 Å². The number of fused-ring (bicyclic) bond motifs is 1. The lowest BCUT2D eigenvalue weighted by Gasteiger charge is -2.30. The van der Waals surface area contributed by atoms with Crippen molar-refractivity contribution in [1.29, 1.82) is 0 Å². The van der Waals surface area contributed by atoms with Gasteiger partial charge in [0.2, 0.25) is 0 Å². The summed E-state index contributed by atoms with van der Waals surface area (Å²) < 4.78 is 1.52. The molecule has 0 saturated carbocycles. The predicted molar refractivity (Wildman–Crippen MR) is 119 cm³/mol. The number of hydrogen-bond acceptors (Lipinski definition) is 5. The summed E-state index contributed by atoms with van der Waals surface area (Å²) in [6.45, 7) is 0.848. The Kier molecular flexibility index (Phi) is 5.77. The third-order valence-electron chi connectivity index (χ3n) is 5.56. The molecule has 164 valence electrons. The van der Waals surface area contributed by atoms with E-state index in [1.165, 1.54) is 21.7 Å². The molecule has 1 aliphatic heterocycles. The molecule has 8 heteroatoms. The Hall–Kier alpha value is -3.94. The van der Waals surface area contributed by atoms with Crippen molar-refractivity contribution in [2.75, 3.05) is 20.6 Å². The van der Waals surface area contributed by atoms with Gasteiger partial charge < -0.3 is 19.5 Å². The summed E-state index contributed by atoms with van der Waals surface area (Å²) in [5, 5.41) is 10.0. The van der Waals surface area contributed by atoms with E-state index >= 15 is 0 Å². The highest BCUT2D eigenvalue weighted by Gasteiger charge is 2.30. The van der Waals surface area contributed by atoms with Gasteiger partial charge in [0, 0.05) is 39.6 Å². The molecular formula is C24H24N4O4. The van der Waals surface area contributed by atoms with Crippen LogP contribution in [0.15, 0.2) is 59.7 Å². The second kappa shape index (κ2) is 8.66. The van der Waals surface area contributed by atoms with Gasteiger partial charge in [0.05, 0.1) is 6.54 Å². The summed E-state index contributed by atoms with van der Waals surface area (Å²) in [5.74, 6) is -0.924. The van der Waals surface area contributed by atoms with Gasteiger partial charge in [0.15, 0.2) is 5.69 Å². The number of rotatable bonds is 4. The number of carbonyl (C=O) groups excluding carboxylic acids is 2. The van der Waals surface area contributed by atoms with Gasteiger partial charge in [-0.2, -0.15) is 0 Å². The topological polar surface area (TPSA) is 95.7 Å². The maximum Gasteiger partial charge on any atom is 0.276 e. The highest BCUT2D eigenvalue weighted by molar-refractivity contribution is 5.96. The first-order valence-corrected chi connectivity index (χ1v) is 10.3. The fourth-order valence-corrected chi connectivity index (χ4v) is 3.94. The van der Waals surface area contributed by atoms with E-state index < -0.39 is 5.91 Å². The Balaban J connectivity index is 1.76. The Morgan fingerprint density at radius 3 is 2.56 bits per heavy atom. The summed E-state index contributed by atoms with van der Waals surface area (Å²) in [6, 6.07) is 12.5. The zero-order valence-electron chi connectivity index (χ0n) is 18.0. The summed E-state index contributed by atoms with van der Waals surface area (Å²) in [6.07, 6.45) is 3.55. The third-order valence-corrected chi connectivity index (χ3v) is 5.56. The molecule has 8 nitrogen and oxygen atoms in total. The summed E-state index contributed by atoms with van der Waals surface area (Å²) in [4.78, 5) is 46.1. The van der Waals surface area contributed by atoms with E-state index in [-0.39, 0.29) is 35.0 Å². The second-order valence-corrected chi connectivity index (χ2v) is 7.97. The van der Waals surface area contributed by atoms with Crippen LogP contribution >= 0.6 is 0 Å². The second-order valence-electron chi connectivity index (χ2n) is 7.97. The largest absolute Gasteiger partial charge is 0.505 e. The minimum Gasteiger partial charge on any atom is -0.505 e. The van der Waals surface area contributed by atoms with Crippen LogP contribution < -0.4 is 5.56 Å². The molecule has 0 spiro atoms. The fourth-order valence-electron chi connectivity index (χ4n) is 3.94. The molecule has 0 bridgehead atoms. The molecule has 2 amide bonds. The molecule has 0 atom stereocenters. The molecule has 3 heterocycles. The Labute approximate surface area is 185 Å². The van der Waals surface area contributed by atoms with E-state index in [1.807, 2.05) is 30.3 Å². The molecule has 2 aromatic heterocycles. The smallest absolute Gasteiger partial charge is 0.276 e. The molecule has 4 rings (SSSR count). The number of aromatic hydroxyl groups is 1. The quantitative estimate of drug-likeness (QED) is 0.679. The number of hydrogen-bond donors (Lipinski definition) is 1. The van der Waals surface area contributed by atoms with E-state index in [0.717, 1.165) is 11.1 Å². The highest BCUT2D eigenvalue weighted by atomic mass is 16.3. The number of benzene rings is 1. The van der Waals surface area contributed by atoms with Gasteiger partial charge >= 0.3 is 0 Å². The summed E-state index contributed by atoms with van der Waals surface area (Å²) in [5.41, 5.74) is 2.14. The van der Waals surface area contributed by atoms with Crippen molar-refractivity contribution in [2.45, 2.75) is 19.5 Å². The van der Waals surface area contributed by atoms with E-state index in [1.54, 1.807) is 31.3 Å². The van der Waals surface area contributed by atoms with Crippen LogP contribution in [0, 0.1) is 0 Å². The number of amides is 2. The number of pyridine rings is 2. The summed E-state index contributed by atoms with van der Waals surface area (Å²) in [7, 11) is 3.23. The van der Waals surface area contributed by atoms with Crippen LogP contribution in [0.5, 0.6) is 5.75 Å². The number of nitrogens with zero attached hydrogens (tertiary/aromatic N) is 4. The first kappa shape index (κ1) is 21.3. The maximum absolute atomic E-state index is 13.3. The molecule has 1 aromatic carbocycles. The van der Waals surface area contributed by atoms with Gasteiger partial charge in [0.1, 0.15) is 11.3 Å². The summed E-state index contributed by atoms with van der Waals surface area (Å²) >= 11 is 0. The Morgan fingerprint density at radius 2 is 1.88 bits per heavy atom. The SMILES string of the molecule is CN(C)C(=O)c1c2c(cn(Cc3ccccc3)c1=O)CN(C(=O)c1ncccc1O)CC2. The maximum atomic E-state index is 13.3. The molecule has 0 aliphatic carbocycles. The van der Waals surface area contributed by atoms with Gasteiger partial charge in [0.25, 0.3) is 17.4 Å². The molecule has 0 saturated heterocycles. The lowest BCUT2D eigenvalue weighted by atomic mass is 9.95. The standard InChI is InChI=1S/C24H24N4O4/c1-26(2)22(30)20-18-10-12-27(24(32)21-19(29)9-6-11-25-21)14-17(18)15-28(23(20)31)13-16-7-4-3-5-8-16/h3-9,11,15,29H,10,12-14H2,1-2H3. The van der Waals surface area contributed by atoms with Gasteiger partial charge in [-0.15, -0.1) is 0 Å². The Morgan fingerprint density at radius 1 is 1.12 bits per heavy atom. The minimum absolute atomic E-state index is 0.0156. The zero-order valence-corrected chi connectivity index (χ0v) is 18.0. The van der Waals surface area contributed by atoms with Crippen molar-refractivity contribution in [2.24, 2.45) is 0 Å². The third kappa shape index (κ3) is 3.99. The van der Waals surface area contributed by atoms with E-state index in [4.69, 9.17) is 0 Å². The molecule has 3 aromatic rings. The number of aromatic nitrogens is 2. The monoisotopic (exact) mass is 432 g/mol. The molecule has 0 unspecified atom stereocenters. The predicted octanol–water partition coefficient (Wildman–Crippen LogP) is 1.90. The van der Waals surface area contributed by atoms with Crippen molar-refractivity contribution in [3.8, 4) is 5.75 Å². The lowest BCUT2D eigenvalue weighted by molar-refractivity contribution is 0.0724. The zero-order chi connectivity index (χ0) is 22.8. The Bertz CT molecular complexity index is 1230. The van der Waals surface area contributed by atoms with Gasteiger partial charge in [-0.25, -0.2) is 4.98 Å². The van der Waals surface area contributed by atoms with Crippen molar-refractivity contribution in [3.05, 3.63) is 93.2 Å². The number of carbonyl (C=O) groups is 2. The van der Waals surface area contributed by atoms with Gasteiger partial charge in [-0.3, -0.25) is 14.4 Å². The van der Waals surface area contributed by atoms with Crippen molar-refractivity contribution < 1.29 is 14.7 Å². The van der Waals surface area contributed by atoms with E-state index in [2.05, 4.69) is 4.98 Å². The first-order valence-electron chi connectivity index (χ1n) is 10.3. The van der Waals surface area contributed by atoms with Crippen molar-refractivity contribution in [1.82, 2.24) is 19.4 Å². The van der Waals surface area contributed by atoms with Crippen LogP contribution in [0.1, 0.15) is 37.5 Å². The molecule has 0 radical (unpaired) electrons. The first-order chi connectivity index (χ1) is 15.4. The van der Waals surface area contributed by atoms with E-state index in [0.29, 0.717) is 25.1 Å². The van der Waals surface area contributed by atoms with E-state index in [9.17, 15) is 19.5 Å². The van der Waals surface area contributed by atoms with Crippen molar-refractivity contribution in [3.63, 3.8) is 0 Å². The lowest BCUT2D eigenvalue weighted by Crippen LogP contribution is -2.41. The van der Waals surface area contributed by atoms with Crippen LogP contribution in [-0.4, -0.2) is 56.9 Å². The van der Waals surface area contributed by atoms with Crippen LogP contribution in [0.3, 0.4) is 0 Å². The van der Waals surface area contributed by atoms with Crippen LogP contribution in [0.25, 0.3) is 0 Å². The molecule has 0 fully saturated rings. The normalized spacial score (nSPS) is 12.9. The van der Waals surface area contributed by atoms with Crippen molar-refractivity contribution >= 4 is 11.8 Å². The molecular weight excluding hydrogens is 408 g/mol. The molecule has 1 N–H and O–H groups in total. The highest BCUT2D eigenvalue weighted by Crippen LogP contribution is 2.24. The fraction of sp³-hybridized carbons (Fsp3) is 0.250. The minimum atomic E-state index is -0.393. The van der Waals surface area contributed by atoms with Crippen LogP contribution in [0.2, 0.25) is 0 Å². The van der Waals surface area contributed by atoms with Crippen LogP contribution in [-0.2, 0) is 19.5 Å². The average Bonchev–Trinajstić information content (AvgIpc) is 2.79.